The van der Waals surface area contributed by atoms with Crippen LogP contribution in [0.25, 0.3) is 0 Å². The molecule has 0 saturated carbocycles. The molecule has 4 rings (SSSR count). The summed E-state index contributed by atoms with van der Waals surface area (Å²) in [5.41, 5.74) is -0.654. The fourth-order valence-electron chi connectivity index (χ4n) is 5.51. The van der Waals surface area contributed by atoms with Gasteiger partial charge in [0.1, 0.15) is 22.8 Å². The van der Waals surface area contributed by atoms with Gasteiger partial charge in [-0.2, -0.15) is 0 Å². The topological polar surface area (TPSA) is 182 Å². The number of rotatable bonds is 2. The van der Waals surface area contributed by atoms with Crippen LogP contribution in [0.3, 0.4) is 0 Å². The van der Waals surface area contributed by atoms with Crippen molar-refractivity contribution in [1.29, 1.82) is 0 Å². The molecule has 33 heavy (non-hydrogen) atoms. The van der Waals surface area contributed by atoms with Gasteiger partial charge in [-0.05, 0) is 39.1 Å². The van der Waals surface area contributed by atoms with Crippen molar-refractivity contribution in [2.75, 3.05) is 14.1 Å². The number of phenols is 1. The number of nitrogens with zero attached hydrogens (tertiary/aromatic N) is 1. The number of benzene rings is 1. The van der Waals surface area contributed by atoms with Gasteiger partial charge in [-0.3, -0.25) is 19.3 Å². The third-order valence-electron chi connectivity index (χ3n) is 7.02. The summed E-state index contributed by atoms with van der Waals surface area (Å²) in [7, 11) is 3.06. The molecule has 3 aliphatic rings. The Morgan fingerprint density at radius 2 is 1.76 bits per heavy atom. The van der Waals surface area contributed by atoms with Crippen LogP contribution in [-0.4, -0.2) is 73.6 Å². The van der Waals surface area contributed by atoms with Crippen LogP contribution in [-0.2, 0) is 34.7 Å². The zero-order chi connectivity index (χ0) is 23.9. The summed E-state index contributed by atoms with van der Waals surface area (Å²) in [5.74, 6) is -7.89. The number of likely N-dealkylation sites (N-methyl/N-ethyl adjacent to an activating group) is 1. The van der Waals surface area contributed by atoms with Crippen LogP contribution in [0, 0.1) is 11.8 Å². The summed E-state index contributed by atoms with van der Waals surface area (Å²) >= 11 is 0. The molecule has 1 aromatic rings. The largest absolute Gasteiger partial charge is 0.510 e. The van der Waals surface area contributed by atoms with Crippen molar-refractivity contribution < 1.29 is 59.4 Å². The predicted octanol–water partition coefficient (Wildman–Crippen LogP) is -0.217. The molecule has 7 N–H and O–H groups in total. The molecule has 0 heterocycles. The molecule has 10 nitrogen and oxygen atoms in total. The molecule has 0 radical (unpaired) electrons. The minimum Gasteiger partial charge on any atom is -0.510 e. The van der Waals surface area contributed by atoms with E-state index in [0.717, 1.165) is 0 Å². The fraction of sp³-hybridized carbons (Fsp3) is 0.409. The Kier molecular flexibility index (Phi) is 5.87. The van der Waals surface area contributed by atoms with E-state index in [0.29, 0.717) is 0 Å². The number of nitrogens with two attached hydrogens (primary N) is 1. The van der Waals surface area contributed by atoms with Crippen LogP contribution in [0.2, 0.25) is 0 Å². The number of aliphatic hydroxyl groups excluding tert-OH is 2. The van der Waals surface area contributed by atoms with Crippen LogP contribution in [0.15, 0.2) is 40.9 Å². The van der Waals surface area contributed by atoms with E-state index in [2.05, 4.69) is 0 Å². The van der Waals surface area contributed by atoms with E-state index in [1.807, 2.05) is 0 Å². The van der Waals surface area contributed by atoms with Crippen molar-refractivity contribution in [2.24, 2.45) is 17.6 Å². The van der Waals surface area contributed by atoms with Crippen LogP contribution >= 0.6 is 0 Å². The molecule has 0 spiro atoms. The Bertz CT molecular complexity index is 1160. The Morgan fingerprint density at radius 1 is 1.15 bits per heavy atom. The van der Waals surface area contributed by atoms with Gasteiger partial charge in [0, 0.05) is 36.9 Å². The molecule has 3 aliphatic carbocycles. The van der Waals surface area contributed by atoms with Gasteiger partial charge >= 0.3 is 0 Å². The van der Waals surface area contributed by atoms with E-state index < -0.39 is 75.0 Å². The monoisotopic (exact) mass is 508 g/mol. The summed E-state index contributed by atoms with van der Waals surface area (Å²) < 4.78 is 0. The number of primary amides is 1. The molecule has 0 aromatic heterocycles. The first kappa shape index (κ1) is 25.0. The van der Waals surface area contributed by atoms with Crippen LogP contribution < -0.4 is 5.73 Å². The van der Waals surface area contributed by atoms with Gasteiger partial charge < -0.3 is 31.3 Å². The number of carbonyl (C=O) groups is 3. The average Bonchev–Trinajstić information content (AvgIpc) is 2.68. The summed E-state index contributed by atoms with van der Waals surface area (Å²) in [6.45, 7) is 1.40. The number of hydrogen-bond acceptors (Lipinski definition) is 9. The van der Waals surface area contributed by atoms with Crippen LogP contribution in [0.4, 0.5) is 0 Å². The number of ketones is 2. The second-order valence-electron chi connectivity index (χ2n) is 8.96. The van der Waals surface area contributed by atoms with E-state index in [4.69, 9.17) is 5.73 Å². The number of Topliss-reactive ketones (excluding diaryl/α,β-unsaturated/α-hetero) is 2. The third kappa shape index (κ3) is 3.03. The summed E-state index contributed by atoms with van der Waals surface area (Å²) in [6, 6.07) is 3.05. The summed E-state index contributed by atoms with van der Waals surface area (Å²) in [5, 5.41) is 55.0. The normalized spacial score (nSPS) is 33.3. The van der Waals surface area contributed by atoms with Gasteiger partial charge in [0.2, 0.25) is 5.78 Å². The number of fused-ring (bicyclic) bond motifs is 3. The maximum Gasteiger partial charge on any atom is 0.255 e. The summed E-state index contributed by atoms with van der Waals surface area (Å²) in [6.07, 6.45) is -0.200. The van der Waals surface area contributed by atoms with E-state index in [1.165, 1.54) is 44.1 Å². The van der Waals surface area contributed by atoms with Gasteiger partial charge in [-0.1, -0.05) is 12.1 Å². The molecule has 0 unspecified atom stereocenters. The molecule has 11 heteroatoms. The molecule has 0 aliphatic heterocycles. The second kappa shape index (κ2) is 7.73. The molecular formula is C22H24N2O8Zn. The molecule has 0 saturated heterocycles. The van der Waals surface area contributed by atoms with Crippen molar-refractivity contribution >= 4 is 17.5 Å². The Labute approximate surface area is 201 Å². The quantitative estimate of drug-likeness (QED) is 0.232. The van der Waals surface area contributed by atoms with Gasteiger partial charge in [0.05, 0.1) is 17.2 Å². The van der Waals surface area contributed by atoms with Crippen molar-refractivity contribution in [3.8, 4) is 5.75 Å². The van der Waals surface area contributed by atoms with Crippen molar-refractivity contribution in [3.63, 3.8) is 0 Å². The Balaban J connectivity index is 0.00000306. The maximum atomic E-state index is 13.3. The van der Waals surface area contributed by atoms with Crippen molar-refractivity contribution in [1.82, 2.24) is 4.90 Å². The molecule has 0 bridgehead atoms. The number of aliphatic hydroxyl groups is 4. The van der Waals surface area contributed by atoms with Crippen LogP contribution in [0.1, 0.15) is 29.3 Å². The first-order valence-electron chi connectivity index (χ1n) is 9.97. The van der Waals surface area contributed by atoms with Gasteiger partial charge in [-0.25, -0.2) is 0 Å². The number of phenolic OH excluding ortho intramolecular Hbond substituents is 1. The zero-order valence-electron chi connectivity index (χ0n) is 18.4. The zero-order valence-corrected chi connectivity index (χ0v) is 21.3. The molecule has 172 valence electrons. The van der Waals surface area contributed by atoms with E-state index in [1.54, 1.807) is 0 Å². The second-order valence-corrected chi connectivity index (χ2v) is 8.96. The minimum absolute atomic E-state index is 0. The first-order valence-corrected chi connectivity index (χ1v) is 9.97. The maximum absolute atomic E-state index is 13.3. The van der Waals surface area contributed by atoms with Crippen molar-refractivity contribution in [3.05, 3.63) is 52.0 Å². The molecular weight excluding hydrogens is 486 g/mol. The Hall–Kier alpha value is -2.59. The van der Waals surface area contributed by atoms with E-state index in [9.17, 15) is 39.9 Å². The number of hydrogen-bond donors (Lipinski definition) is 6. The fourth-order valence-corrected chi connectivity index (χ4v) is 5.51. The van der Waals surface area contributed by atoms with E-state index in [-0.39, 0.29) is 37.0 Å². The first-order chi connectivity index (χ1) is 14.8. The predicted molar refractivity (Wildman–Crippen MR) is 110 cm³/mol. The molecule has 0 fully saturated rings. The molecule has 1 amide bonds. The smallest absolute Gasteiger partial charge is 0.255 e. The molecule has 5 atom stereocenters. The average molecular weight is 510 g/mol. The molecule has 1 aromatic carbocycles. The number of aromatic hydroxyl groups is 1. The SMILES string of the molecule is CN(C)[C@@H]1C(O)=C(C(N)=O)C(=O)[C@@]2(O)C(O)=C3C(=O)c4c(O)cccc4[C@@](C)(O)[C@H]3C[C@@H]12.[Zn]. The summed E-state index contributed by atoms with van der Waals surface area (Å²) in [4.78, 5) is 39.9. The Morgan fingerprint density at radius 3 is 2.30 bits per heavy atom. The number of carbonyl (C=O) groups excluding carboxylic acids is 3. The van der Waals surface area contributed by atoms with Gasteiger partial charge in [-0.15, -0.1) is 0 Å². The van der Waals surface area contributed by atoms with Crippen LogP contribution in [0.5, 0.6) is 5.75 Å². The van der Waals surface area contributed by atoms with Gasteiger partial charge in [0.15, 0.2) is 11.4 Å². The van der Waals surface area contributed by atoms with E-state index >= 15 is 0 Å². The van der Waals surface area contributed by atoms with Gasteiger partial charge in [0.25, 0.3) is 5.91 Å². The number of amides is 1. The van der Waals surface area contributed by atoms with Crippen molar-refractivity contribution in [2.45, 2.75) is 30.6 Å². The third-order valence-corrected chi connectivity index (χ3v) is 7.02. The standard InChI is InChI=1S/C22H24N2O8.Zn/c1-21(31)8-5-4-6-11(25)12(8)16(26)13-9(21)7-10-15(24(2)3)17(27)14(20(23)30)19(29)22(10,32)18(13)28;/h4-6,9-10,15,25,27-28,31-32H,7H2,1-3H3,(H2,23,30);/t9-,10-,15-,21+,22-;/m0./s1. The minimum atomic E-state index is -2.75.